The van der Waals surface area contributed by atoms with Gasteiger partial charge >= 0.3 is 0 Å². The van der Waals surface area contributed by atoms with Crippen molar-refractivity contribution in [2.45, 2.75) is 33.6 Å². The van der Waals surface area contributed by atoms with E-state index in [4.69, 9.17) is 0 Å². The first-order chi connectivity index (χ1) is 12.5. The molecule has 136 valence electrons. The minimum absolute atomic E-state index is 0.0248. The van der Waals surface area contributed by atoms with Crippen molar-refractivity contribution in [1.29, 1.82) is 0 Å². The van der Waals surface area contributed by atoms with Crippen LogP contribution >= 0.6 is 11.3 Å². The average molecular weight is 369 g/mol. The largest absolute Gasteiger partial charge is 0.351 e. The molecule has 0 aliphatic rings. The van der Waals surface area contributed by atoms with Gasteiger partial charge in [-0.1, -0.05) is 26.0 Å². The van der Waals surface area contributed by atoms with Gasteiger partial charge in [-0.05, 0) is 43.0 Å². The second kappa shape index (κ2) is 8.27. The molecule has 3 rings (SSSR count). The Morgan fingerprint density at radius 2 is 2.04 bits per heavy atom. The second-order valence-electron chi connectivity index (χ2n) is 6.74. The fraction of sp³-hybridized carbons (Fsp3) is 0.350. The quantitative estimate of drug-likeness (QED) is 0.690. The number of aromatic nitrogens is 3. The number of hydrogen-bond donors (Lipinski definition) is 1. The van der Waals surface area contributed by atoms with E-state index >= 15 is 0 Å². The summed E-state index contributed by atoms with van der Waals surface area (Å²) < 4.78 is 1.83. The van der Waals surface area contributed by atoms with E-state index in [1.807, 2.05) is 36.0 Å². The molecule has 1 aromatic carbocycles. The summed E-state index contributed by atoms with van der Waals surface area (Å²) in [7, 11) is 0. The van der Waals surface area contributed by atoms with Crippen LogP contribution in [0.5, 0.6) is 0 Å². The van der Waals surface area contributed by atoms with Gasteiger partial charge in [0.2, 0.25) is 0 Å². The van der Waals surface area contributed by atoms with Crippen LogP contribution in [-0.4, -0.2) is 27.2 Å². The van der Waals surface area contributed by atoms with Crippen molar-refractivity contribution in [2.24, 2.45) is 5.92 Å². The summed E-state index contributed by atoms with van der Waals surface area (Å²) in [5, 5.41) is 8.27. The Kier molecular flexibility index (Phi) is 5.83. The first-order valence-electron chi connectivity index (χ1n) is 8.86. The van der Waals surface area contributed by atoms with E-state index in [0.29, 0.717) is 12.5 Å². The van der Waals surface area contributed by atoms with Crippen molar-refractivity contribution in [2.75, 3.05) is 6.54 Å². The molecule has 0 atom stereocenters. The summed E-state index contributed by atoms with van der Waals surface area (Å²) in [5.74, 6) is 0.518. The average Bonchev–Trinajstić information content (AvgIpc) is 3.25. The lowest BCUT2D eigenvalue weighted by atomic mass is 10.1. The lowest BCUT2D eigenvalue weighted by Gasteiger charge is -2.06. The van der Waals surface area contributed by atoms with Crippen molar-refractivity contribution < 1.29 is 4.79 Å². The number of nitrogens with one attached hydrogen (secondary N) is 1. The zero-order chi connectivity index (χ0) is 18.5. The number of aryl methyl sites for hydroxylation is 1. The van der Waals surface area contributed by atoms with E-state index in [2.05, 4.69) is 41.4 Å². The number of thiazole rings is 1. The Labute approximate surface area is 158 Å². The van der Waals surface area contributed by atoms with E-state index in [1.54, 1.807) is 6.20 Å². The van der Waals surface area contributed by atoms with Gasteiger partial charge in [0.25, 0.3) is 5.91 Å². The molecule has 0 aliphatic heterocycles. The molecule has 0 aliphatic carbocycles. The van der Waals surface area contributed by atoms with Gasteiger partial charge in [-0.25, -0.2) is 9.67 Å². The van der Waals surface area contributed by atoms with Crippen LogP contribution in [0.4, 0.5) is 0 Å². The SMILES string of the molecule is Cc1nc(CC(C)C)sc1C(=O)NCCc1ccc(-n2cccn2)cc1. The second-order valence-corrected chi connectivity index (χ2v) is 7.83. The molecule has 2 heterocycles. The summed E-state index contributed by atoms with van der Waals surface area (Å²) in [4.78, 5) is 17.7. The highest BCUT2D eigenvalue weighted by Crippen LogP contribution is 2.20. The van der Waals surface area contributed by atoms with E-state index in [-0.39, 0.29) is 5.91 Å². The number of nitrogens with zero attached hydrogens (tertiary/aromatic N) is 3. The minimum atomic E-state index is -0.0248. The van der Waals surface area contributed by atoms with Gasteiger partial charge in [0.05, 0.1) is 16.4 Å². The molecule has 0 spiro atoms. The zero-order valence-electron chi connectivity index (χ0n) is 15.4. The number of carbonyl (C=O) groups is 1. The van der Waals surface area contributed by atoms with E-state index in [1.165, 1.54) is 16.9 Å². The third kappa shape index (κ3) is 4.58. The molecule has 5 nitrogen and oxygen atoms in total. The molecule has 6 heteroatoms. The Morgan fingerprint density at radius 3 is 2.69 bits per heavy atom. The predicted molar refractivity (Wildman–Crippen MR) is 105 cm³/mol. The highest BCUT2D eigenvalue weighted by Gasteiger charge is 2.15. The summed E-state index contributed by atoms with van der Waals surface area (Å²) in [6, 6.07) is 10.1. The highest BCUT2D eigenvalue weighted by atomic mass is 32.1. The van der Waals surface area contributed by atoms with Crippen molar-refractivity contribution in [3.05, 3.63) is 63.9 Å². The first-order valence-corrected chi connectivity index (χ1v) is 9.68. The zero-order valence-corrected chi connectivity index (χ0v) is 16.2. The van der Waals surface area contributed by atoms with Crippen molar-refractivity contribution in [3.63, 3.8) is 0 Å². The number of benzene rings is 1. The van der Waals surface area contributed by atoms with Crippen molar-refractivity contribution in [1.82, 2.24) is 20.1 Å². The molecule has 0 radical (unpaired) electrons. The number of hydrogen-bond acceptors (Lipinski definition) is 4. The maximum absolute atomic E-state index is 12.4. The third-order valence-corrected chi connectivity index (χ3v) is 5.21. The van der Waals surface area contributed by atoms with E-state index in [0.717, 1.165) is 34.1 Å². The maximum atomic E-state index is 12.4. The predicted octanol–water partition coefficient (Wildman–Crippen LogP) is 3.81. The molecule has 0 fully saturated rings. The van der Waals surface area contributed by atoms with Gasteiger partial charge in [-0.15, -0.1) is 11.3 Å². The Hall–Kier alpha value is -2.47. The maximum Gasteiger partial charge on any atom is 0.263 e. The molecular formula is C20H24N4OS. The number of amides is 1. The van der Waals surface area contributed by atoms with Gasteiger partial charge in [-0.2, -0.15) is 5.10 Å². The monoisotopic (exact) mass is 368 g/mol. The third-order valence-electron chi connectivity index (χ3n) is 4.03. The molecule has 26 heavy (non-hydrogen) atoms. The van der Waals surface area contributed by atoms with E-state index in [9.17, 15) is 4.79 Å². The summed E-state index contributed by atoms with van der Waals surface area (Å²) in [5.41, 5.74) is 3.04. The summed E-state index contributed by atoms with van der Waals surface area (Å²) in [6.07, 6.45) is 5.39. The highest BCUT2D eigenvalue weighted by molar-refractivity contribution is 7.13. The Balaban J connectivity index is 1.53. The number of rotatable bonds is 7. The van der Waals surface area contributed by atoms with E-state index < -0.39 is 0 Å². The van der Waals surface area contributed by atoms with Crippen LogP contribution in [0.3, 0.4) is 0 Å². The van der Waals surface area contributed by atoms with Gasteiger partial charge in [0.15, 0.2) is 0 Å². The molecule has 1 N–H and O–H groups in total. The normalized spacial score (nSPS) is 11.1. The topological polar surface area (TPSA) is 59.8 Å². The van der Waals surface area contributed by atoms with Crippen LogP contribution < -0.4 is 5.32 Å². The van der Waals surface area contributed by atoms with Crippen LogP contribution in [0.2, 0.25) is 0 Å². The first kappa shape index (κ1) is 18.3. The lowest BCUT2D eigenvalue weighted by Crippen LogP contribution is -2.25. The minimum Gasteiger partial charge on any atom is -0.351 e. The molecule has 0 unspecified atom stereocenters. The van der Waals surface area contributed by atoms with Gasteiger partial charge in [0, 0.05) is 25.4 Å². The molecule has 3 aromatic rings. The molecule has 1 amide bonds. The number of carbonyl (C=O) groups excluding carboxylic acids is 1. The smallest absolute Gasteiger partial charge is 0.263 e. The van der Waals surface area contributed by atoms with Gasteiger partial charge in [0.1, 0.15) is 4.88 Å². The van der Waals surface area contributed by atoms with Crippen molar-refractivity contribution in [3.8, 4) is 5.69 Å². The molecule has 0 bridgehead atoms. The van der Waals surface area contributed by atoms with Crippen LogP contribution in [-0.2, 0) is 12.8 Å². The van der Waals surface area contributed by atoms with Gasteiger partial charge in [-0.3, -0.25) is 4.79 Å². The fourth-order valence-electron chi connectivity index (χ4n) is 2.74. The standard InChI is InChI=1S/C20H24N4OS/c1-14(2)13-18-23-15(3)19(26-18)20(25)21-11-9-16-5-7-17(8-6-16)24-12-4-10-22-24/h4-8,10,12,14H,9,11,13H2,1-3H3,(H,21,25). The Bertz CT molecular complexity index is 851. The van der Waals surface area contributed by atoms with Crippen LogP contribution in [0.25, 0.3) is 5.69 Å². The van der Waals surface area contributed by atoms with Crippen molar-refractivity contribution >= 4 is 17.2 Å². The molecule has 0 saturated carbocycles. The lowest BCUT2D eigenvalue weighted by molar-refractivity contribution is 0.0957. The van der Waals surface area contributed by atoms with Crippen LogP contribution in [0.1, 0.15) is 39.8 Å². The molecule has 0 saturated heterocycles. The van der Waals surface area contributed by atoms with Gasteiger partial charge < -0.3 is 5.32 Å². The Morgan fingerprint density at radius 1 is 1.27 bits per heavy atom. The fourth-order valence-corrected chi connectivity index (χ4v) is 3.93. The van der Waals surface area contributed by atoms with Crippen LogP contribution in [0.15, 0.2) is 42.7 Å². The van der Waals surface area contributed by atoms with Crippen LogP contribution in [0, 0.1) is 12.8 Å². The molecular weight excluding hydrogens is 344 g/mol. The molecule has 2 aromatic heterocycles. The summed E-state index contributed by atoms with van der Waals surface area (Å²) >= 11 is 1.51. The summed E-state index contributed by atoms with van der Waals surface area (Å²) in [6.45, 7) is 6.84.